The fourth-order valence-electron chi connectivity index (χ4n) is 6.05. The number of carbonyl (C=O) groups excluding carboxylic acids is 3. The third-order valence-electron chi connectivity index (χ3n) is 7.90. The topological polar surface area (TPSA) is 79.0 Å². The molecule has 2 aromatic rings. The first-order valence-electron chi connectivity index (χ1n) is 12.2. The van der Waals surface area contributed by atoms with E-state index in [1.165, 1.54) is 16.7 Å². The minimum atomic E-state index is -0.582. The smallest absolute Gasteiger partial charge is 0.255 e. The Morgan fingerprint density at radius 3 is 2.56 bits per heavy atom. The lowest BCUT2D eigenvalue weighted by molar-refractivity contribution is -0.136. The Hall–Kier alpha value is -3.03. The van der Waals surface area contributed by atoms with E-state index in [9.17, 15) is 14.4 Å². The van der Waals surface area contributed by atoms with E-state index in [0.717, 1.165) is 44.5 Å². The second-order valence-electron chi connectivity index (χ2n) is 9.92. The first-order valence-corrected chi connectivity index (χ1v) is 12.2. The SMILES string of the molecule is O=C1CCC(N2Cc3cc4c(cc3C2=O)CCOC42CCN(Cc3ccccc3)CC2)C(=O)N1. The zero-order chi connectivity index (χ0) is 23.3. The highest BCUT2D eigenvalue weighted by Gasteiger charge is 2.44. The van der Waals surface area contributed by atoms with Crippen molar-refractivity contribution in [3.05, 3.63) is 70.3 Å². The minimum absolute atomic E-state index is 0.106. The van der Waals surface area contributed by atoms with Gasteiger partial charge in [-0.15, -0.1) is 0 Å². The normalized spacial score (nSPS) is 24.2. The molecule has 6 rings (SSSR count). The maximum Gasteiger partial charge on any atom is 0.255 e. The van der Waals surface area contributed by atoms with Gasteiger partial charge in [0.25, 0.3) is 5.91 Å². The molecule has 0 bridgehead atoms. The van der Waals surface area contributed by atoms with Gasteiger partial charge >= 0.3 is 0 Å². The van der Waals surface area contributed by atoms with E-state index in [1.807, 2.05) is 12.1 Å². The summed E-state index contributed by atoms with van der Waals surface area (Å²) in [6.45, 7) is 3.95. The van der Waals surface area contributed by atoms with Gasteiger partial charge in [-0.05, 0) is 54.0 Å². The van der Waals surface area contributed by atoms with Gasteiger partial charge in [0, 0.05) is 38.2 Å². The molecule has 4 heterocycles. The van der Waals surface area contributed by atoms with E-state index in [0.29, 0.717) is 25.1 Å². The number of hydrogen-bond donors (Lipinski definition) is 1. The zero-order valence-electron chi connectivity index (χ0n) is 19.2. The monoisotopic (exact) mass is 459 g/mol. The van der Waals surface area contributed by atoms with Crippen molar-refractivity contribution in [1.82, 2.24) is 15.1 Å². The molecular formula is C27H29N3O4. The summed E-state index contributed by atoms with van der Waals surface area (Å²) < 4.78 is 6.46. The van der Waals surface area contributed by atoms with Crippen molar-refractivity contribution in [1.29, 1.82) is 0 Å². The molecule has 0 aromatic heterocycles. The van der Waals surface area contributed by atoms with Crippen LogP contribution in [-0.4, -0.2) is 53.3 Å². The molecule has 4 aliphatic rings. The first kappa shape index (κ1) is 21.5. The van der Waals surface area contributed by atoms with E-state index in [4.69, 9.17) is 4.74 Å². The van der Waals surface area contributed by atoms with Crippen LogP contribution in [0.2, 0.25) is 0 Å². The molecule has 34 heavy (non-hydrogen) atoms. The largest absolute Gasteiger partial charge is 0.370 e. The van der Waals surface area contributed by atoms with Crippen LogP contribution in [0.3, 0.4) is 0 Å². The van der Waals surface area contributed by atoms with E-state index in [2.05, 4.69) is 40.5 Å². The van der Waals surface area contributed by atoms with Crippen molar-refractivity contribution < 1.29 is 19.1 Å². The molecule has 7 nitrogen and oxygen atoms in total. The summed E-state index contributed by atoms with van der Waals surface area (Å²) in [5, 5.41) is 2.38. The number of amides is 3. The van der Waals surface area contributed by atoms with Gasteiger partial charge in [0.15, 0.2) is 0 Å². The Morgan fingerprint density at radius 1 is 1.00 bits per heavy atom. The third kappa shape index (κ3) is 3.63. The van der Waals surface area contributed by atoms with Crippen LogP contribution < -0.4 is 5.32 Å². The molecule has 4 aliphatic heterocycles. The maximum absolute atomic E-state index is 13.2. The summed E-state index contributed by atoms with van der Waals surface area (Å²) in [6, 6.07) is 14.2. The molecule has 1 N–H and O–H groups in total. The number of benzene rings is 2. The van der Waals surface area contributed by atoms with E-state index >= 15 is 0 Å². The number of nitrogens with one attached hydrogen (secondary N) is 1. The molecule has 0 radical (unpaired) electrons. The molecule has 0 aliphatic carbocycles. The number of nitrogens with zero attached hydrogens (tertiary/aromatic N) is 2. The average Bonchev–Trinajstić information content (AvgIpc) is 3.16. The third-order valence-corrected chi connectivity index (χ3v) is 7.90. The molecule has 1 atom stereocenters. The lowest BCUT2D eigenvalue weighted by Gasteiger charge is -2.45. The Morgan fingerprint density at radius 2 is 1.79 bits per heavy atom. The highest BCUT2D eigenvalue weighted by atomic mass is 16.5. The fraction of sp³-hybridized carbons (Fsp3) is 0.444. The second-order valence-corrected chi connectivity index (χ2v) is 9.92. The van der Waals surface area contributed by atoms with Crippen LogP contribution in [0.5, 0.6) is 0 Å². The van der Waals surface area contributed by atoms with Crippen molar-refractivity contribution in [3.8, 4) is 0 Å². The number of ether oxygens (including phenoxy) is 1. The van der Waals surface area contributed by atoms with Gasteiger partial charge in [-0.1, -0.05) is 36.4 Å². The van der Waals surface area contributed by atoms with Crippen molar-refractivity contribution in [2.24, 2.45) is 0 Å². The zero-order valence-corrected chi connectivity index (χ0v) is 19.2. The average molecular weight is 460 g/mol. The van der Waals surface area contributed by atoms with E-state index in [1.54, 1.807) is 4.90 Å². The van der Waals surface area contributed by atoms with Crippen LogP contribution in [0.15, 0.2) is 42.5 Å². The number of likely N-dealkylation sites (tertiary alicyclic amines) is 1. The molecule has 2 aromatic carbocycles. The predicted molar refractivity (Wildman–Crippen MR) is 125 cm³/mol. The van der Waals surface area contributed by atoms with Gasteiger partial charge in [-0.3, -0.25) is 24.6 Å². The number of fused-ring (bicyclic) bond motifs is 3. The van der Waals surface area contributed by atoms with Crippen LogP contribution in [-0.2, 0) is 39.4 Å². The molecule has 176 valence electrons. The van der Waals surface area contributed by atoms with Crippen LogP contribution in [0.25, 0.3) is 0 Å². The molecule has 3 amide bonds. The van der Waals surface area contributed by atoms with Gasteiger partial charge in [-0.2, -0.15) is 0 Å². The Kier molecular flexibility index (Phi) is 5.26. The summed E-state index contributed by atoms with van der Waals surface area (Å²) in [7, 11) is 0. The van der Waals surface area contributed by atoms with Crippen LogP contribution in [0, 0.1) is 0 Å². The van der Waals surface area contributed by atoms with Gasteiger partial charge in [0.1, 0.15) is 6.04 Å². The van der Waals surface area contributed by atoms with Crippen LogP contribution in [0.1, 0.15) is 58.3 Å². The van der Waals surface area contributed by atoms with Gasteiger partial charge in [-0.25, -0.2) is 0 Å². The van der Waals surface area contributed by atoms with E-state index < -0.39 is 6.04 Å². The molecular weight excluding hydrogens is 430 g/mol. The fourth-order valence-corrected chi connectivity index (χ4v) is 6.05. The molecule has 0 saturated carbocycles. The highest BCUT2D eigenvalue weighted by Crippen LogP contribution is 2.44. The quantitative estimate of drug-likeness (QED) is 0.714. The number of imide groups is 1. The second kappa shape index (κ2) is 8.32. The number of hydrogen-bond acceptors (Lipinski definition) is 5. The summed E-state index contributed by atoms with van der Waals surface area (Å²) in [5.74, 6) is -0.739. The van der Waals surface area contributed by atoms with Gasteiger partial charge in [0.05, 0.1) is 12.2 Å². The summed E-state index contributed by atoms with van der Waals surface area (Å²) in [5.41, 5.74) is 5.09. The molecule has 2 saturated heterocycles. The van der Waals surface area contributed by atoms with Crippen LogP contribution in [0.4, 0.5) is 0 Å². The number of piperidine rings is 2. The maximum atomic E-state index is 13.2. The molecule has 7 heteroatoms. The molecule has 1 unspecified atom stereocenters. The lowest BCUT2D eigenvalue weighted by atomic mass is 9.78. The molecule has 1 spiro atoms. The summed E-state index contributed by atoms with van der Waals surface area (Å²) in [4.78, 5) is 41.3. The van der Waals surface area contributed by atoms with Gasteiger partial charge in [0.2, 0.25) is 11.8 Å². The predicted octanol–water partition coefficient (Wildman–Crippen LogP) is 2.51. The Bertz CT molecular complexity index is 1150. The first-order chi connectivity index (χ1) is 16.5. The van der Waals surface area contributed by atoms with Crippen molar-refractivity contribution in [2.45, 2.75) is 56.8 Å². The van der Waals surface area contributed by atoms with Crippen molar-refractivity contribution >= 4 is 17.7 Å². The Labute approximate surface area is 199 Å². The Balaban J connectivity index is 1.22. The lowest BCUT2D eigenvalue weighted by Crippen LogP contribution is -2.52. The standard InChI is InChI=1S/C27H29N3O4/c31-24-7-6-23(25(32)28-24)30-17-20-15-22-19(14-21(20)26(30)33)8-13-34-27(22)9-11-29(12-10-27)16-18-4-2-1-3-5-18/h1-5,14-15,23H,6-13,16-17H2,(H,28,31,32). The van der Waals surface area contributed by atoms with Crippen molar-refractivity contribution in [3.63, 3.8) is 0 Å². The van der Waals surface area contributed by atoms with Crippen molar-refractivity contribution in [2.75, 3.05) is 19.7 Å². The summed E-state index contributed by atoms with van der Waals surface area (Å²) >= 11 is 0. The number of carbonyl (C=O) groups is 3. The summed E-state index contributed by atoms with van der Waals surface area (Å²) in [6.07, 6.45) is 3.30. The minimum Gasteiger partial charge on any atom is -0.370 e. The van der Waals surface area contributed by atoms with Gasteiger partial charge < -0.3 is 9.64 Å². The number of rotatable bonds is 3. The van der Waals surface area contributed by atoms with Crippen LogP contribution >= 0.6 is 0 Å². The molecule has 2 fully saturated rings. The van der Waals surface area contributed by atoms with E-state index in [-0.39, 0.29) is 29.7 Å². The highest BCUT2D eigenvalue weighted by molar-refractivity contribution is 6.05.